The van der Waals surface area contributed by atoms with E-state index in [4.69, 9.17) is 14.2 Å². The number of carbonyl (C=O) groups is 2. The van der Waals surface area contributed by atoms with Crippen LogP contribution in [-0.2, 0) is 4.79 Å². The molecule has 0 spiro atoms. The van der Waals surface area contributed by atoms with Crippen molar-refractivity contribution in [3.63, 3.8) is 0 Å². The lowest BCUT2D eigenvalue weighted by atomic mass is 10.1. The summed E-state index contributed by atoms with van der Waals surface area (Å²) in [6, 6.07) is 16.8. The first-order valence-corrected chi connectivity index (χ1v) is 10.5. The number of amides is 1. The fourth-order valence-corrected chi connectivity index (χ4v) is 3.11. The van der Waals surface area contributed by atoms with Gasteiger partial charge < -0.3 is 19.5 Å². The van der Waals surface area contributed by atoms with Crippen LogP contribution in [0, 0.1) is 28.4 Å². The zero-order chi connectivity index (χ0) is 26.2. The van der Waals surface area contributed by atoms with Crippen LogP contribution in [0.4, 0.5) is 11.4 Å². The molecular formula is C26H21N3O7. The van der Waals surface area contributed by atoms with E-state index in [1.807, 2.05) is 6.07 Å². The van der Waals surface area contributed by atoms with E-state index in [0.29, 0.717) is 22.4 Å². The zero-order valence-electron chi connectivity index (χ0n) is 19.6. The van der Waals surface area contributed by atoms with Crippen molar-refractivity contribution < 1.29 is 28.7 Å². The summed E-state index contributed by atoms with van der Waals surface area (Å²) in [6.07, 6.45) is 1.32. The normalized spacial score (nSPS) is 10.7. The van der Waals surface area contributed by atoms with Crippen LogP contribution in [0.2, 0.25) is 0 Å². The van der Waals surface area contributed by atoms with Crippen molar-refractivity contribution in [1.29, 1.82) is 5.26 Å². The van der Waals surface area contributed by atoms with Crippen LogP contribution in [0.25, 0.3) is 6.08 Å². The molecule has 0 heterocycles. The molecule has 0 saturated carbocycles. The molecule has 3 aromatic rings. The van der Waals surface area contributed by atoms with Crippen molar-refractivity contribution in [3.8, 4) is 23.3 Å². The maximum absolute atomic E-state index is 12.7. The quantitative estimate of drug-likeness (QED) is 0.121. The van der Waals surface area contributed by atoms with Crippen LogP contribution in [-0.4, -0.2) is 31.0 Å². The number of ether oxygens (including phenoxy) is 3. The molecule has 182 valence electrons. The molecule has 0 unspecified atom stereocenters. The molecule has 1 amide bonds. The fraction of sp³-hybridized carbons (Fsp3) is 0.115. The van der Waals surface area contributed by atoms with Crippen LogP contribution in [0.1, 0.15) is 21.5 Å². The Morgan fingerprint density at radius 2 is 1.72 bits per heavy atom. The number of hydrogen-bond donors (Lipinski definition) is 1. The Balaban J connectivity index is 1.81. The van der Waals surface area contributed by atoms with Crippen molar-refractivity contribution >= 4 is 29.3 Å². The number of anilines is 1. The third-order valence-corrected chi connectivity index (χ3v) is 5.07. The Kier molecular flexibility index (Phi) is 7.99. The number of esters is 1. The number of aryl methyl sites for hydroxylation is 1. The van der Waals surface area contributed by atoms with Crippen molar-refractivity contribution in [1.82, 2.24) is 0 Å². The number of nitro benzene ring substituents is 1. The van der Waals surface area contributed by atoms with Crippen LogP contribution in [0.15, 0.2) is 66.2 Å². The molecule has 36 heavy (non-hydrogen) atoms. The third kappa shape index (κ3) is 6.03. The van der Waals surface area contributed by atoms with Gasteiger partial charge in [0.15, 0.2) is 11.5 Å². The number of nitrogens with zero attached hydrogens (tertiary/aromatic N) is 2. The molecule has 3 aromatic carbocycles. The van der Waals surface area contributed by atoms with Crippen molar-refractivity contribution in [2.75, 3.05) is 19.5 Å². The lowest BCUT2D eigenvalue weighted by molar-refractivity contribution is -0.384. The van der Waals surface area contributed by atoms with Gasteiger partial charge in [0.2, 0.25) is 0 Å². The highest BCUT2D eigenvalue weighted by Crippen LogP contribution is 2.30. The molecular weight excluding hydrogens is 466 g/mol. The number of rotatable bonds is 8. The number of hydrogen-bond acceptors (Lipinski definition) is 8. The van der Waals surface area contributed by atoms with Gasteiger partial charge in [-0.1, -0.05) is 12.1 Å². The maximum Gasteiger partial charge on any atom is 0.343 e. The van der Waals surface area contributed by atoms with Gasteiger partial charge in [0, 0.05) is 12.1 Å². The Hall–Kier alpha value is -5.17. The van der Waals surface area contributed by atoms with Gasteiger partial charge in [-0.2, -0.15) is 5.26 Å². The predicted molar refractivity (Wildman–Crippen MR) is 131 cm³/mol. The van der Waals surface area contributed by atoms with E-state index in [-0.39, 0.29) is 28.4 Å². The van der Waals surface area contributed by atoms with Crippen LogP contribution in [0.5, 0.6) is 17.2 Å². The molecule has 1 N–H and O–H groups in total. The van der Waals surface area contributed by atoms with E-state index >= 15 is 0 Å². The van der Waals surface area contributed by atoms with Crippen molar-refractivity contribution in [2.45, 2.75) is 6.92 Å². The molecule has 0 atom stereocenters. The standard InChI is InChI=1S/C26H21N3O7/c1-16-4-8-20(29(32)33)14-22(16)28-25(30)19(15-27)12-17-5-11-23(24(13-17)35-3)36-26(31)18-6-9-21(34-2)10-7-18/h4-14H,1-3H3,(H,28,30)/b19-12+. The lowest BCUT2D eigenvalue weighted by Gasteiger charge is -2.11. The topological polar surface area (TPSA) is 141 Å². The summed E-state index contributed by atoms with van der Waals surface area (Å²) in [5.41, 5.74) is 1.11. The molecule has 0 aliphatic heterocycles. The summed E-state index contributed by atoms with van der Waals surface area (Å²) in [5.74, 6) is -0.402. The first kappa shape index (κ1) is 25.5. The minimum absolute atomic E-state index is 0.144. The van der Waals surface area contributed by atoms with E-state index < -0.39 is 16.8 Å². The molecule has 0 fully saturated rings. The van der Waals surface area contributed by atoms with E-state index in [0.717, 1.165) is 0 Å². The Morgan fingerprint density at radius 3 is 2.33 bits per heavy atom. The zero-order valence-corrected chi connectivity index (χ0v) is 19.6. The monoisotopic (exact) mass is 487 g/mol. The van der Waals surface area contributed by atoms with Crippen LogP contribution >= 0.6 is 0 Å². The summed E-state index contributed by atoms with van der Waals surface area (Å²) < 4.78 is 15.8. The second kappa shape index (κ2) is 11.3. The van der Waals surface area contributed by atoms with Crippen LogP contribution in [0.3, 0.4) is 0 Å². The molecule has 10 nitrogen and oxygen atoms in total. The highest BCUT2D eigenvalue weighted by molar-refractivity contribution is 6.10. The van der Waals surface area contributed by atoms with Crippen molar-refractivity contribution in [2.24, 2.45) is 0 Å². The number of benzene rings is 3. The van der Waals surface area contributed by atoms with Gasteiger partial charge in [0.25, 0.3) is 11.6 Å². The summed E-state index contributed by atoms with van der Waals surface area (Å²) in [7, 11) is 2.90. The maximum atomic E-state index is 12.7. The number of nitrogens with one attached hydrogen (secondary N) is 1. The summed E-state index contributed by atoms with van der Waals surface area (Å²) in [4.78, 5) is 35.6. The molecule has 3 rings (SSSR count). The lowest BCUT2D eigenvalue weighted by Crippen LogP contribution is -2.14. The summed E-state index contributed by atoms with van der Waals surface area (Å²) in [6.45, 7) is 1.67. The van der Waals surface area contributed by atoms with E-state index in [1.165, 1.54) is 50.6 Å². The van der Waals surface area contributed by atoms with E-state index in [2.05, 4.69) is 5.32 Å². The third-order valence-electron chi connectivity index (χ3n) is 5.07. The smallest absolute Gasteiger partial charge is 0.343 e. The van der Waals surface area contributed by atoms with Gasteiger partial charge in [0.05, 0.1) is 30.4 Å². The Labute approximate surface area is 206 Å². The molecule has 0 aromatic heterocycles. The molecule has 0 aliphatic rings. The Morgan fingerprint density at radius 1 is 1.00 bits per heavy atom. The van der Waals surface area contributed by atoms with Gasteiger partial charge in [-0.15, -0.1) is 0 Å². The second-order valence-electron chi connectivity index (χ2n) is 7.41. The predicted octanol–water partition coefficient (Wildman–Crippen LogP) is 4.69. The Bertz CT molecular complexity index is 1390. The summed E-state index contributed by atoms with van der Waals surface area (Å²) in [5, 5.41) is 23.1. The number of nitro groups is 1. The molecule has 0 aliphatic carbocycles. The number of nitriles is 1. The highest BCUT2D eigenvalue weighted by atomic mass is 16.6. The average molecular weight is 487 g/mol. The minimum atomic E-state index is -0.741. The summed E-state index contributed by atoms with van der Waals surface area (Å²) >= 11 is 0. The van der Waals surface area contributed by atoms with Gasteiger partial charge in [-0.25, -0.2) is 4.79 Å². The van der Waals surface area contributed by atoms with Gasteiger partial charge in [0.1, 0.15) is 17.4 Å². The van der Waals surface area contributed by atoms with E-state index in [1.54, 1.807) is 37.3 Å². The molecule has 0 bridgehead atoms. The SMILES string of the molecule is COc1ccc(C(=O)Oc2ccc(/C=C(\C#N)C(=O)Nc3cc([N+](=O)[O-])ccc3C)cc2OC)cc1. The van der Waals surface area contributed by atoms with Gasteiger partial charge in [-0.05, 0) is 60.5 Å². The number of carbonyl (C=O) groups excluding carboxylic acids is 2. The fourth-order valence-electron chi connectivity index (χ4n) is 3.11. The first-order chi connectivity index (χ1) is 17.2. The molecule has 0 saturated heterocycles. The second-order valence-corrected chi connectivity index (χ2v) is 7.41. The highest BCUT2D eigenvalue weighted by Gasteiger charge is 2.16. The van der Waals surface area contributed by atoms with Gasteiger partial charge >= 0.3 is 5.97 Å². The molecule has 10 heteroatoms. The number of methoxy groups -OCH3 is 2. The van der Waals surface area contributed by atoms with Crippen molar-refractivity contribution in [3.05, 3.63) is 93.0 Å². The number of non-ortho nitro benzene ring substituents is 1. The first-order valence-electron chi connectivity index (χ1n) is 10.5. The average Bonchev–Trinajstić information content (AvgIpc) is 2.88. The van der Waals surface area contributed by atoms with Gasteiger partial charge in [-0.3, -0.25) is 14.9 Å². The largest absolute Gasteiger partial charge is 0.497 e. The molecule has 0 radical (unpaired) electrons. The van der Waals surface area contributed by atoms with E-state index in [9.17, 15) is 25.0 Å². The van der Waals surface area contributed by atoms with Crippen LogP contribution < -0.4 is 19.5 Å². The minimum Gasteiger partial charge on any atom is -0.497 e.